The molecule has 2 rings (SSSR count). The Labute approximate surface area is 107 Å². The van der Waals surface area contributed by atoms with Crippen LogP contribution in [0.2, 0.25) is 0 Å². The number of hydrogen-bond acceptors (Lipinski definition) is 4. The van der Waals surface area contributed by atoms with E-state index in [9.17, 15) is 5.11 Å². The van der Waals surface area contributed by atoms with Gasteiger partial charge in [-0.1, -0.05) is 6.07 Å². The van der Waals surface area contributed by atoms with E-state index >= 15 is 0 Å². The van der Waals surface area contributed by atoms with Gasteiger partial charge in [0.15, 0.2) is 5.82 Å². The molecular weight excluding hydrogens is 230 g/mol. The molecule has 0 unspecified atom stereocenters. The van der Waals surface area contributed by atoms with Crippen molar-refractivity contribution in [3.05, 3.63) is 30.1 Å². The zero-order valence-corrected chi connectivity index (χ0v) is 10.8. The molecule has 0 aliphatic carbocycles. The maximum atomic E-state index is 9.51. The molecule has 98 valence electrons. The molecule has 0 amide bonds. The number of pyridine rings is 1. The molecule has 0 aliphatic rings. The summed E-state index contributed by atoms with van der Waals surface area (Å²) in [6.45, 7) is 1.56. The number of aliphatic hydroxyl groups excluding tert-OH is 1. The first-order valence-corrected chi connectivity index (χ1v) is 6.05. The van der Waals surface area contributed by atoms with Crippen molar-refractivity contribution in [2.75, 3.05) is 32.2 Å². The Kier molecular flexibility index (Phi) is 4.17. The Morgan fingerprint density at radius 3 is 3.00 bits per heavy atom. The standard InChI is InChI=1S/C13H19N3O2/c1-15(7-5-9-18-2)13-11(10-17)16-8-4-3-6-12(16)14-13/h3-4,6,8,17H,5,7,9-10H2,1-2H3. The molecule has 0 aromatic carbocycles. The highest BCUT2D eigenvalue weighted by molar-refractivity contribution is 5.55. The molecule has 0 spiro atoms. The first kappa shape index (κ1) is 12.9. The third kappa shape index (κ3) is 2.47. The van der Waals surface area contributed by atoms with E-state index in [0.29, 0.717) is 0 Å². The minimum Gasteiger partial charge on any atom is -0.390 e. The van der Waals surface area contributed by atoms with E-state index in [1.54, 1.807) is 7.11 Å². The van der Waals surface area contributed by atoms with Crippen LogP contribution in [-0.2, 0) is 11.3 Å². The van der Waals surface area contributed by atoms with Gasteiger partial charge >= 0.3 is 0 Å². The van der Waals surface area contributed by atoms with Crippen molar-refractivity contribution in [1.82, 2.24) is 9.38 Å². The molecule has 5 nitrogen and oxygen atoms in total. The average molecular weight is 249 g/mol. The molecule has 0 atom stereocenters. The number of aromatic nitrogens is 2. The van der Waals surface area contributed by atoms with Crippen molar-refractivity contribution < 1.29 is 9.84 Å². The number of aliphatic hydroxyl groups is 1. The number of ether oxygens (including phenoxy) is 1. The predicted octanol–water partition coefficient (Wildman–Crippen LogP) is 1.30. The second kappa shape index (κ2) is 5.84. The van der Waals surface area contributed by atoms with E-state index in [1.165, 1.54) is 0 Å². The van der Waals surface area contributed by atoms with Crippen LogP contribution in [0.25, 0.3) is 5.65 Å². The molecule has 2 aromatic heterocycles. The third-order valence-corrected chi connectivity index (χ3v) is 2.96. The van der Waals surface area contributed by atoms with Gasteiger partial charge < -0.3 is 14.7 Å². The van der Waals surface area contributed by atoms with Gasteiger partial charge in [-0.15, -0.1) is 0 Å². The summed E-state index contributed by atoms with van der Waals surface area (Å²) in [5, 5.41) is 9.51. The summed E-state index contributed by atoms with van der Waals surface area (Å²) in [6.07, 6.45) is 2.85. The summed E-state index contributed by atoms with van der Waals surface area (Å²) >= 11 is 0. The fourth-order valence-electron chi connectivity index (χ4n) is 2.04. The fraction of sp³-hybridized carbons (Fsp3) is 0.462. The minimum atomic E-state index is -0.0187. The lowest BCUT2D eigenvalue weighted by Crippen LogP contribution is -2.21. The van der Waals surface area contributed by atoms with Crippen LogP contribution in [0, 0.1) is 0 Å². The van der Waals surface area contributed by atoms with Gasteiger partial charge in [0.2, 0.25) is 0 Å². The Morgan fingerprint density at radius 1 is 1.44 bits per heavy atom. The highest BCUT2D eigenvalue weighted by Gasteiger charge is 2.14. The van der Waals surface area contributed by atoms with Crippen LogP contribution in [0.3, 0.4) is 0 Å². The average Bonchev–Trinajstić information content (AvgIpc) is 2.77. The third-order valence-electron chi connectivity index (χ3n) is 2.96. The molecular formula is C13H19N3O2. The second-order valence-electron chi connectivity index (χ2n) is 4.24. The zero-order chi connectivity index (χ0) is 13.0. The number of imidazole rings is 1. The van der Waals surface area contributed by atoms with Crippen LogP contribution in [0.5, 0.6) is 0 Å². The summed E-state index contributed by atoms with van der Waals surface area (Å²) < 4.78 is 6.96. The lowest BCUT2D eigenvalue weighted by atomic mass is 10.3. The zero-order valence-electron chi connectivity index (χ0n) is 10.8. The summed E-state index contributed by atoms with van der Waals surface area (Å²) in [6, 6.07) is 5.81. The highest BCUT2D eigenvalue weighted by Crippen LogP contribution is 2.20. The molecule has 0 bridgehead atoms. The Bertz CT molecular complexity index is 510. The lowest BCUT2D eigenvalue weighted by molar-refractivity contribution is 0.196. The molecule has 0 aliphatic heterocycles. The maximum Gasteiger partial charge on any atom is 0.153 e. The topological polar surface area (TPSA) is 50.0 Å². The monoisotopic (exact) mass is 249 g/mol. The van der Waals surface area contributed by atoms with E-state index in [0.717, 1.165) is 36.7 Å². The van der Waals surface area contributed by atoms with Gasteiger partial charge in [0.1, 0.15) is 5.65 Å². The number of anilines is 1. The largest absolute Gasteiger partial charge is 0.390 e. The molecule has 0 saturated heterocycles. The first-order valence-electron chi connectivity index (χ1n) is 6.05. The normalized spacial score (nSPS) is 11.1. The predicted molar refractivity (Wildman–Crippen MR) is 70.9 cm³/mol. The van der Waals surface area contributed by atoms with Crippen LogP contribution in [0.1, 0.15) is 12.1 Å². The summed E-state index contributed by atoms with van der Waals surface area (Å²) in [4.78, 5) is 6.60. The summed E-state index contributed by atoms with van der Waals surface area (Å²) in [5.74, 6) is 0.833. The van der Waals surface area contributed by atoms with Crippen LogP contribution in [0.4, 0.5) is 5.82 Å². The molecule has 0 fully saturated rings. The quantitative estimate of drug-likeness (QED) is 0.784. The smallest absolute Gasteiger partial charge is 0.153 e. The van der Waals surface area contributed by atoms with E-state index in [-0.39, 0.29) is 6.61 Å². The first-order chi connectivity index (χ1) is 8.77. The van der Waals surface area contributed by atoms with Crippen molar-refractivity contribution >= 4 is 11.5 Å². The fourth-order valence-corrected chi connectivity index (χ4v) is 2.04. The van der Waals surface area contributed by atoms with Crippen molar-refractivity contribution in [3.63, 3.8) is 0 Å². The molecule has 2 heterocycles. The number of hydrogen-bond donors (Lipinski definition) is 1. The molecule has 2 aromatic rings. The molecule has 1 N–H and O–H groups in total. The summed E-state index contributed by atoms with van der Waals surface area (Å²) in [5.41, 5.74) is 1.68. The van der Waals surface area contributed by atoms with Gasteiger partial charge in [0.05, 0.1) is 12.3 Å². The molecule has 0 saturated carbocycles. The van der Waals surface area contributed by atoms with E-state index in [4.69, 9.17) is 4.74 Å². The van der Waals surface area contributed by atoms with Crippen molar-refractivity contribution in [1.29, 1.82) is 0 Å². The van der Waals surface area contributed by atoms with Gasteiger partial charge in [0, 0.05) is 33.5 Å². The highest BCUT2D eigenvalue weighted by atomic mass is 16.5. The SMILES string of the molecule is COCCCN(C)c1nc2ccccn2c1CO. The van der Waals surface area contributed by atoms with Crippen LogP contribution in [0.15, 0.2) is 24.4 Å². The van der Waals surface area contributed by atoms with Gasteiger partial charge in [0.25, 0.3) is 0 Å². The Hall–Kier alpha value is -1.59. The Balaban J connectivity index is 2.26. The van der Waals surface area contributed by atoms with Gasteiger partial charge in [-0.3, -0.25) is 4.40 Å². The van der Waals surface area contributed by atoms with Crippen LogP contribution < -0.4 is 4.90 Å². The van der Waals surface area contributed by atoms with Gasteiger partial charge in [-0.2, -0.15) is 0 Å². The maximum absolute atomic E-state index is 9.51. The summed E-state index contributed by atoms with van der Waals surface area (Å²) in [7, 11) is 3.68. The van der Waals surface area contributed by atoms with Crippen LogP contribution in [-0.4, -0.2) is 41.8 Å². The minimum absolute atomic E-state index is 0.0187. The number of nitrogens with zero attached hydrogens (tertiary/aromatic N) is 3. The van der Waals surface area contributed by atoms with Crippen molar-refractivity contribution in [2.45, 2.75) is 13.0 Å². The van der Waals surface area contributed by atoms with E-state index in [1.807, 2.05) is 35.8 Å². The number of fused-ring (bicyclic) bond motifs is 1. The van der Waals surface area contributed by atoms with Gasteiger partial charge in [-0.25, -0.2) is 4.98 Å². The van der Waals surface area contributed by atoms with Crippen molar-refractivity contribution in [2.24, 2.45) is 0 Å². The number of methoxy groups -OCH3 is 1. The van der Waals surface area contributed by atoms with Gasteiger partial charge in [-0.05, 0) is 18.6 Å². The molecule has 18 heavy (non-hydrogen) atoms. The van der Waals surface area contributed by atoms with E-state index in [2.05, 4.69) is 9.88 Å². The number of rotatable bonds is 6. The van der Waals surface area contributed by atoms with Crippen LogP contribution >= 0.6 is 0 Å². The van der Waals surface area contributed by atoms with Crippen molar-refractivity contribution in [3.8, 4) is 0 Å². The van der Waals surface area contributed by atoms with E-state index < -0.39 is 0 Å². The molecule has 0 radical (unpaired) electrons. The Morgan fingerprint density at radius 2 is 2.28 bits per heavy atom. The molecule has 5 heteroatoms. The lowest BCUT2D eigenvalue weighted by Gasteiger charge is -2.17. The second-order valence-corrected chi connectivity index (χ2v) is 4.24.